The first-order valence-corrected chi connectivity index (χ1v) is 10.9. The fourth-order valence-corrected chi connectivity index (χ4v) is 5.17. The Labute approximate surface area is 178 Å². The minimum atomic E-state index is 0.127. The molecule has 1 amide bonds. The van der Waals surface area contributed by atoms with E-state index in [0.29, 0.717) is 6.54 Å². The molecular formula is C27H28N2O. The zero-order valence-corrected chi connectivity index (χ0v) is 17.5. The van der Waals surface area contributed by atoms with Gasteiger partial charge in [0.05, 0.1) is 12.6 Å². The third-order valence-corrected chi connectivity index (χ3v) is 6.63. The van der Waals surface area contributed by atoms with E-state index >= 15 is 0 Å². The van der Waals surface area contributed by atoms with Gasteiger partial charge in [0.15, 0.2) is 0 Å². The Balaban J connectivity index is 1.35. The Kier molecular flexibility index (Phi) is 5.14. The van der Waals surface area contributed by atoms with Crippen molar-refractivity contribution in [2.45, 2.75) is 38.3 Å². The minimum absolute atomic E-state index is 0.127. The summed E-state index contributed by atoms with van der Waals surface area (Å²) in [5.41, 5.74) is 8.04. The third-order valence-electron chi connectivity index (χ3n) is 6.63. The fourth-order valence-electron chi connectivity index (χ4n) is 5.17. The molecule has 1 heterocycles. The van der Waals surface area contributed by atoms with Gasteiger partial charge in [-0.2, -0.15) is 0 Å². The van der Waals surface area contributed by atoms with Crippen molar-refractivity contribution in [3.63, 3.8) is 0 Å². The molecule has 0 radical (unpaired) electrons. The zero-order valence-electron chi connectivity index (χ0n) is 17.5. The van der Waals surface area contributed by atoms with Crippen LogP contribution in [0.15, 0.2) is 72.8 Å². The Morgan fingerprint density at radius 1 is 0.867 bits per heavy atom. The summed E-state index contributed by atoms with van der Waals surface area (Å²) >= 11 is 0. The average molecular weight is 397 g/mol. The van der Waals surface area contributed by atoms with Crippen LogP contribution in [0.2, 0.25) is 0 Å². The van der Waals surface area contributed by atoms with Gasteiger partial charge in [0.2, 0.25) is 5.91 Å². The van der Waals surface area contributed by atoms with Crippen LogP contribution in [0.5, 0.6) is 0 Å². The number of nitrogens with zero attached hydrogens (tertiary/aromatic N) is 1. The number of fused-ring (bicyclic) bond motifs is 2. The monoisotopic (exact) mass is 396 g/mol. The van der Waals surface area contributed by atoms with Gasteiger partial charge < -0.3 is 5.32 Å². The molecule has 0 unspecified atom stereocenters. The maximum Gasteiger partial charge on any atom is 0.234 e. The molecule has 3 nitrogen and oxygen atoms in total. The largest absolute Gasteiger partial charge is 0.352 e. The molecule has 1 atom stereocenters. The van der Waals surface area contributed by atoms with E-state index in [1.54, 1.807) is 0 Å². The average Bonchev–Trinajstić information content (AvgIpc) is 3.16. The van der Waals surface area contributed by atoms with Gasteiger partial charge in [0, 0.05) is 12.6 Å². The van der Waals surface area contributed by atoms with Crippen LogP contribution in [0.4, 0.5) is 0 Å². The van der Waals surface area contributed by atoms with Crippen molar-refractivity contribution in [2.75, 3.05) is 13.1 Å². The van der Waals surface area contributed by atoms with Crippen LogP contribution < -0.4 is 5.32 Å². The van der Waals surface area contributed by atoms with Gasteiger partial charge in [-0.25, -0.2) is 0 Å². The molecule has 3 aromatic rings. The summed E-state index contributed by atoms with van der Waals surface area (Å²) in [7, 11) is 0. The van der Waals surface area contributed by atoms with Crippen LogP contribution >= 0.6 is 0 Å². The van der Waals surface area contributed by atoms with Crippen molar-refractivity contribution in [3.8, 4) is 0 Å². The molecule has 0 bridgehead atoms. The second kappa shape index (κ2) is 8.08. The molecule has 30 heavy (non-hydrogen) atoms. The summed E-state index contributed by atoms with van der Waals surface area (Å²) in [6.07, 6.45) is 2.86. The molecule has 2 aliphatic rings. The molecule has 5 rings (SSSR count). The van der Waals surface area contributed by atoms with Gasteiger partial charge in [0.1, 0.15) is 0 Å². The van der Waals surface area contributed by atoms with Gasteiger partial charge in [-0.15, -0.1) is 0 Å². The molecule has 0 aromatic heterocycles. The smallest absolute Gasteiger partial charge is 0.234 e. The second-order valence-electron chi connectivity index (χ2n) is 8.62. The number of benzene rings is 3. The number of carbonyl (C=O) groups excluding carboxylic acids is 1. The number of aryl methyl sites for hydroxylation is 1. The van der Waals surface area contributed by atoms with Gasteiger partial charge in [-0.3, -0.25) is 9.69 Å². The lowest BCUT2D eigenvalue weighted by atomic mass is 9.86. The van der Waals surface area contributed by atoms with Crippen LogP contribution in [-0.2, 0) is 24.1 Å². The second-order valence-corrected chi connectivity index (χ2v) is 8.62. The molecule has 0 saturated heterocycles. The van der Waals surface area contributed by atoms with Crippen LogP contribution in [-0.4, -0.2) is 29.9 Å². The highest BCUT2D eigenvalue weighted by atomic mass is 16.2. The molecule has 3 heteroatoms. The molecule has 3 aromatic carbocycles. The number of carbonyl (C=O) groups is 1. The van der Waals surface area contributed by atoms with Crippen molar-refractivity contribution in [1.29, 1.82) is 0 Å². The molecule has 1 N–H and O–H groups in total. The molecule has 0 fully saturated rings. The van der Waals surface area contributed by atoms with Crippen molar-refractivity contribution < 1.29 is 4.79 Å². The van der Waals surface area contributed by atoms with E-state index in [0.717, 1.165) is 25.8 Å². The van der Waals surface area contributed by atoms with Crippen molar-refractivity contribution >= 4 is 5.91 Å². The maximum atomic E-state index is 13.0. The molecule has 1 aliphatic heterocycles. The van der Waals surface area contributed by atoms with E-state index in [4.69, 9.17) is 0 Å². The highest BCUT2D eigenvalue weighted by molar-refractivity contribution is 5.78. The zero-order chi connectivity index (χ0) is 20.5. The maximum absolute atomic E-state index is 13.0. The fraction of sp³-hybridized carbons (Fsp3) is 0.296. The first kappa shape index (κ1) is 19.1. The molecule has 0 saturated carbocycles. The highest BCUT2D eigenvalue weighted by Crippen LogP contribution is 2.36. The number of amides is 1. The number of hydrogen-bond acceptors (Lipinski definition) is 2. The predicted molar refractivity (Wildman–Crippen MR) is 121 cm³/mol. The standard InChI is InChI=1S/C27H28N2O/c1-19-8-2-6-12-24(19)27-25-13-7-5-9-20(25)14-15-29(27)18-26(30)28-23-16-21-10-3-4-11-22(21)17-23/h2-13,23,27H,14-18H2,1H3,(H,28,30)/t27-/m1/s1. The normalized spacial score (nSPS) is 18.6. The number of rotatable bonds is 4. The first-order valence-electron chi connectivity index (χ1n) is 10.9. The number of nitrogens with one attached hydrogen (secondary N) is 1. The lowest BCUT2D eigenvalue weighted by molar-refractivity contribution is -0.123. The highest BCUT2D eigenvalue weighted by Gasteiger charge is 2.31. The number of hydrogen-bond donors (Lipinski definition) is 1. The van der Waals surface area contributed by atoms with E-state index in [2.05, 4.69) is 89.9 Å². The van der Waals surface area contributed by atoms with Gasteiger partial charge >= 0.3 is 0 Å². The van der Waals surface area contributed by atoms with Gasteiger partial charge in [-0.1, -0.05) is 72.8 Å². The molecule has 1 aliphatic carbocycles. The summed E-state index contributed by atoms with van der Waals surface area (Å²) < 4.78 is 0. The molecule has 152 valence electrons. The van der Waals surface area contributed by atoms with E-state index in [-0.39, 0.29) is 18.0 Å². The van der Waals surface area contributed by atoms with Crippen molar-refractivity contribution in [1.82, 2.24) is 10.2 Å². The van der Waals surface area contributed by atoms with Gasteiger partial charge in [0.25, 0.3) is 0 Å². The Morgan fingerprint density at radius 2 is 1.47 bits per heavy atom. The Morgan fingerprint density at radius 3 is 2.17 bits per heavy atom. The first-order chi connectivity index (χ1) is 14.7. The van der Waals surface area contributed by atoms with Crippen molar-refractivity contribution in [2.24, 2.45) is 0 Å². The topological polar surface area (TPSA) is 32.3 Å². The van der Waals surface area contributed by atoms with E-state index in [9.17, 15) is 4.79 Å². The van der Waals surface area contributed by atoms with Gasteiger partial charge in [-0.05, 0) is 59.6 Å². The minimum Gasteiger partial charge on any atom is -0.352 e. The summed E-state index contributed by atoms with van der Waals surface area (Å²) in [6, 6.07) is 26.1. The summed E-state index contributed by atoms with van der Waals surface area (Å²) in [4.78, 5) is 15.4. The summed E-state index contributed by atoms with van der Waals surface area (Å²) in [5, 5.41) is 3.30. The lowest BCUT2D eigenvalue weighted by Crippen LogP contribution is -2.46. The van der Waals surface area contributed by atoms with Crippen LogP contribution in [0.1, 0.15) is 39.4 Å². The van der Waals surface area contributed by atoms with E-state index in [1.807, 2.05) is 0 Å². The van der Waals surface area contributed by atoms with E-state index < -0.39 is 0 Å². The van der Waals surface area contributed by atoms with E-state index in [1.165, 1.54) is 33.4 Å². The van der Waals surface area contributed by atoms with Crippen LogP contribution in [0, 0.1) is 6.92 Å². The predicted octanol–water partition coefficient (Wildman–Crippen LogP) is 4.23. The summed E-state index contributed by atoms with van der Waals surface area (Å²) in [6.45, 7) is 3.50. The lowest BCUT2D eigenvalue weighted by Gasteiger charge is -2.38. The third kappa shape index (κ3) is 3.66. The van der Waals surface area contributed by atoms with Crippen molar-refractivity contribution in [3.05, 3.63) is 106 Å². The quantitative estimate of drug-likeness (QED) is 0.716. The Bertz CT molecular complexity index is 1050. The van der Waals surface area contributed by atoms with Crippen LogP contribution in [0.25, 0.3) is 0 Å². The van der Waals surface area contributed by atoms with Crippen LogP contribution in [0.3, 0.4) is 0 Å². The molecular weight excluding hydrogens is 368 g/mol. The SMILES string of the molecule is Cc1ccccc1[C@@H]1c2ccccc2CCN1CC(=O)NC1Cc2ccccc2C1. The Hall–Kier alpha value is -2.91. The molecule has 0 spiro atoms. The summed E-state index contributed by atoms with van der Waals surface area (Å²) in [5.74, 6) is 0.130.